The van der Waals surface area contributed by atoms with Crippen LogP contribution in [0.4, 0.5) is 11.4 Å². The molecule has 0 saturated carbocycles. The zero-order valence-corrected chi connectivity index (χ0v) is 30.7. The molecule has 2 atom stereocenters. The molecule has 0 aliphatic rings. The van der Waals surface area contributed by atoms with Gasteiger partial charge in [0.25, 0.3) is 0 Å². The zero-order chi connectivity index (χ0) is 37.0. The van der Waals surface area contributed by atoms with E-state index < -0.39 is 55.5 Å². The van der Waals surface area contributed by atoms with Crippen LogP contribution in [0, 0.1) is 0 Å². The average molecular weight is 737 g/mol. The largest absolute Gasteiger partial charge is 0.497 e. The number of methoxy groups -OCH3 is 2. The van der Waals surface area contributed by atoms with E-state index in [-0.39, 0.29) is 19.3 Å². The van der Waals surface area contributed by atoms with Crippen LogP contribution in [0.5, 0.6) is 11.5 Å². The van der Waals surface area contributed by atoms with Crippen molar-refractivity contribution < 1.29 is 35.9 Å². The summed E-state index contributed by atoms with van der Waals surface area (Å²) in [5, 5.41) is 0. The molecule has 0 fully saturated rings. The quantitative estimate of drug-likeness (QED) is 0.157. The van der Waals surface area contributed by atoms with E-state index in [0.29, 0.717) is 22.9 Å². The van der Waals surface area contributed by atoms with Crippen molar-refractivity contribution in [2.45, 2.75) is 31.3 Å². The Hall–Kier alpha value is -4.76. The number of carbonyl (C=O) groups excluding carboxylic acids is 2. The number of nitrogens with one attached hydrogen (secondary N) is 2. The lowest BCUT2D eigenvalue weighted by Crippen LogP contribution is -2.50. The van der Waals surface area contributed by atoms with E-state index in [1.807, 2.05) is 12.1 Å². The molecule has 0 spiro atoms. The molecule has 0 radical (unpaired) electrons. The van der Waals surface area contributed by atoms with Crippen molar-refractivity contribution in [3.63, 3.8) is 0 Å². The van der Waals surface area contributed by atoms with Gasteiger partial charge in [0, 0.05) is 25.5 Å². The molecule has 0 aliphatic carbocycles. The number of carbonyl (C=O) groups is 2. The van der Waals surface area contributed by atoms with E-state index in [4.69, 9.17) is 9.47 Å². The smallest absolute Gasteiger partial charge is 0.245 e. The van der Waals surface area contributed by atoms with E-state index >= 15 is 0 Å². The third kappa shape index (κ3) is 11.6. The lowest BCUT2D eigenvalue weighted by atomic mass is 10.1. The van der Waals surface area contributed by atoms with Gasteiger partial charge >= 0.3 is 0 Å². The second-order valence-corrected chi connectivity index (χ2v) is 15.6. The van der Waals surface area contributed by atoms with Crippen molar-refractivity contribution in [1.82, 2.24) is 9.44 Å². The fraction of sp³-hybridized carbons (Fsp3) is 0.297. The molecule has 4 aromatic carbocycles. The highest BCUT2D eigenvalue weighted by atomic mass is 32.2. The molecule has 0 saturated heterocycles. The molecule has 4 rings (SSSR count). The third-order valence-corrected chi connectivity index (χ3v) is 11.2. The van der Waals surface area contributed by atoms with E-state index in [2.05, 4.69) is 9.44 Å². The lowest BCUT2D eigenvalue weighted by molar-refractivity contribution is -0.120. The highest BCUT2D eigenvalue weighted by Gasteiger charge is 2.30. The van der Waals surface area contributed by atoms with Crippen LogP contribution in [0.15, 0.2) is 109 Å². The maximum absolute atomic E-state index is 13.7. The van der Waals surface area contributed by atoms with Crippen LogP contribution in [-0.2, 0) is 42.5 Å². The summed E-state index contributed by atoms with van der Waals surface area (Å²) in [6.07, 6.45) is -0.139. The molecule has 0 heterocycles. The Morgan fingerprint density at radius 3 is 1.22 bits per heavy atom. The Morgan fingerprint density at radius 2 is 0.902 bits per heavy atom. The standard InChI is InChI=1S/C37H44N4O8S2/c1-40(30-16-20-32(48-3)21-17-30)36(42)34(26-28-12-7-5-8-13-28)38-50(44,45)24-11-25-51(46,47)39-35(27-29-14-9-6-10-15-29)37(43)41(2)31-18-22-33(49-4)23-19-31/h5-10,12-23,34-35,38-39H,11,24-27H2,1-4H3/t34-,35?/m0/s1. The van der Waals surface area contributed by atoms with Crippen LogP contribution in [0.1, 0.15) is 17.5 Å². The number of anilines is 2. The van der Waals surface area contributed by atoms with Gasteiger partial charge in [-0.1, -0.05) is 60.7 Å². The number of benzene rings is 4. The summed E-state index contributed by atoms with van der Waals surface area (Å²) >= 11 is 0. The summed E-state index contributed by atoms with van der Waals surface area (Å²) in [5.74, 6) is -0.921. The van der Waals surface area contributed by atoms with E-state index in [0.717, 1.165) is 11.1 Å². The molecule has 14 heteroatoms. The van der Waals surface area contributed by atoms with Crippen molar-refractivity contribution in [3.8, 4) is 11.5 Å². The molecule has 12 nitrogen and oxygen atoms in total. The van der Waals surface area contributed by atoms with E-state index in [9.17, 15) is 26.4 Å². The van der Waals surface area contributed by atoms with Gasteiger partial charge in [0.15, 0.2) is 0 Å². The van der Waals surface area contributed by atoms with Gasteiger partial charge < -0.3 is 19.3 Å². The third-order valence-electron chi connectivity index (χ3n) is 8.21. The number of rotatable bonds is 18. The maximum atomic E-state index is 13.7. The highest BCUT2D eigenvalue weighted by Crippen LogP contribution is 2.21. The predicted octanol–water partition coefficient (Wildman–Crippen LogP) is 3.78. The number of amides is 2. The minimum atomic E-state index is -4.14. The van der Waals surface area contributed by atoms with Crippen LogP contribution in [0.25, 0.3) is 0 Å². The Balaban J connectivity index is 1.45. The van der Waals surface area contributed by atoms with Crippen LogP contribution in [0.2, 0.25) is 0 Å². The first-order valence-corrected chi connectivity index (χ1v) is 19.5. The molecule has 4 aromatic rings. The highest BCUT2D eigenvalue weighted by molar-refractivity contribution is 7.90. The molecule has 51 heavy (non-hydrogen) atoms. The van der Waals surface area contributed by atoms with Gasteiger partial charge in [-0.05, 0) is 78.9 Å². The summed E-state index contributed by atoms with van der Waals surface area (Å²) in [6.45, 7) is 0. The van der Waals surface area contributed by atoms with E-state index in [1.165, 1.54) is 24.0 Å². The molecule has 0 aliphatic heterocycles. The Kier molecular flexibility index (Phi) is 13.7. The fourth-order valence-electron chi connectivity index (χ4n) is 5.38. The number of hydrogen-bond donors (Lipinski definition) is 2. The van der Waals surface area contributed by atoms with Crippen molar-refractivity contribution in [3.05, 3.63) is 120 Å². The molecule has 0 bridgehead atoms. The SMILES string of the molecule is COc1ccc(N(C)C(=O)C(Cc2ccccc2)NS(=O)(=O)CCCS(=O)(=O)N[C@@H](Cc2ccccc2)C(=O)N(C)c2ccc(OC)cc2)cc1. The Morgan fingerprint density at radius 1 is 0.569 bits per heavy atom. The summed E-state index contributed by atoms with van der Waals surface area (Å²) < 4.78 is 68.8. The summed E-state index contributed by atoms with van der Waals surface area (Å²) in [6, 6.07) is 29.2. The first-order chi connectivity index (χ1) is 24.3. The molecule has 2 amide bonds. The lowest BCUT2D eigenvalue weighted by Gasteiger charge is -2.25. The molecule has 1 unspecified atom stereocenters. The Labute approximate surface area is 300 Å². The fourth-order valence-corrected chi connectivity index (χ4v) is 8.08. The Bertz CT molecular complexity index is 1800. The molecular formula is C37H44N4O8S2. The molecule has 272 valence electrons. The van der Waals surface area contributed by atoms with Gasteiger partial charge in [-0.15, -0.1) is 0 Å². The van der Waals surface area contributed by atoms with Crippen molar-refractivity contribution >= 4 is 43.2 Å². The topological polar surface area (TPSA) is 151 Å². The first kappa shape index (κ1) is 39.0. The van der Waals surface area contributed by atoms with Gasteiger partial charge in [0.05, 0.1) is 25.7 Å². The summed E-state index contributed by atoms with van der Waals surface area (Å²) in [5.41, 5.74) is 2.55. The van der Waals surface area contributed by atoms with Crippen LogP contribution in [0.3, 0.4) is 0 Å². The number of hydrogen-bond acceptors (Lipinski definition) is 8. The average Bonchev–Trinajstić information content (AvgIpc) is 3.13. The first-order valence-electron chi connectivity index (χ1n) is 16.2. The van der Waals surface area contributed by atoms with Crippen molar-refractivity contribution in [2.75, 3.05) is 49.6 Å². The summed E-state index contributed by atoms with van der Waals surface area (Å²) in [4.78, 5) is 30.0. The second-order valence-electron chi connectivity index (χ2n) is 11.9. The number of ether oxygens (including phenoxy) is 2. The van der Waals surface area contributed by atoms with Crippen LogP contribution in [-0.4, -0.2) is 80.6 Å². The van der Waals surface area contributed by atoms with Gasteiger partial charge in [0.1, 0.15) is 23.6 Å². The number of likely N-dealkylation sites (N-methyl/N-ethyl adjacent to an activating group) is 2. The van der Waals surface area contributed by atoms with Crippen LogP contribution < -0.4 is 28.7 Å². The van der Waals surface area contributed by atoms with Crippen molar-refractivity contribution in [2.24, 2.45) is 0 Å². The molecule has 2 N–H and O–H groups in total. The van der Waals surface area contributed by atoms with E-state index in [1.54, 1.807) is 111 Å². The predicted molar refractivity (Wildman–Crippen MR) is 199 cm³/mol. The van der Waals surface area contributed by atoms with Gasteiger partial charge in [-0.2, -0.15) is 0 Å². The number of nitrogens with zero attached hydrogens (tertiary/aromatic N) is 2. The van der Waals surface area contributed by atoms with Crippen molar-refractivity contribution in [1.29, 1.82) is 0 Å². The minimum absolute atomic E-state index is 0.0737. The minimum Gasteiger partial charge on any atom is -0.497 e. The summed E-state index contributed by atoms with van der Waals surface area (Å²) in [7, 11) is -2.12. The molecular weight excluding hydrogens is 693 g/mol. The number of sulfonamides is 2. The second kappa shape index (κ2) is 17.9. The maximum Gasteiger partial charge on any atom is 0.245 e. The monoisotopic (exact) mass is 736 g/mol. The molecule has 0 aromatic heterocycles. The van der Waals surface area contributed by atoms with Gasteiger partial charge in [-0.25, -0.2) is 26.3 Å². The zero-order valence-electron chi connectivity index (χ0n) is 29.1. The normalized spacial score (nSPS) is 12.8. The van der Waals surface area contributed by atoms with Gasteiger partial charge in [-0.3, -0.25) is 9.59 Å². The van der Waals surface area contributed by atoms with Gasteiger partial charge in [0.2, 0.25) is 31.9 Å². The van der Waals surface area contributed by atoms with Crippen LogP contribution >= 0.6 is 0 Å².